The summed E-state index contributed by atoms with van der Waals surface area (Å²) < 4.78 is 46.4. The van der Waals surface area contributed by atoms with Gasteiger partial charge >= 0.3 is 53.7 Å². The highest BCUT2D eigenvalue weighted by Gasteiger charge is 2.73. The minimum atomic E-state index is -0.912. The summed E-state index contributed by atoms with van der Waals surface area (Å²) in [5.41, 5.74) is -0.963. The number of hydrogen-bond acceptors (Lipinski definition) is 23. The van der Waals surface area contributed by atoms with E-state index in [9.17, 15) is 57.5 Å². The van der Waals surface area contributed by atoms with Crippen LogP contribution >= 0.6 is 0 Å². The third-order valence-corrected chi connectivity index (χ3v) is 43.4. The van der Waals surface area contributed by atoms with Crippen molar-refractivity contribution in [3.8, 4) is 6.07 Å². The first kappa shape index (κ1) is 94.1. The molecule has 3 saturated heterocycles. The van der Waals surface area contributed by atoms with Gasteiger partial charge in [-0.25, -0.2) is 24.0 Å². The first-order valence-electron chi connectivity index (χ1n) is 52.2. The van der Waals surface area contributed by atoms with Gasteiger partial charge in [0.25, 0.3) is 0 Å². The Morgan fingerprint density at radius 3 is 1.08 bits per heavy atom. The van der Waals surface area contributed by atoms with Crippen LogP contribution in [-0.2, 0) is 100 Å². The molecule has 728 valence electrons. The summed E-state index contributed by atoms with van der Waals surface area (Å²) in [6.45, 7) is 35.1. The average molecular weight is 1830 g/mol. The molecule has 132 heavy (non-hydrogen) atoms. The molecule has 3 heterocycles. The van der Waals surface area contributed by atoms with E-state index >= 15 is 0 Å². The third kappa shape index (κ3) is 15.8. The maximum Gasteiger partial charge on any atom is 0.348 e. The number of nitrogens with one attached hydrogen (secondary N) is 3. The van der Waals surface area contributed by atoms with Gasteiger partial charge in [0, 0.05) is 28.6 Å². The van der Waals surface area contributed by atoms with Crippen molar-refractivity contribution < 1.29 is 105 Å². The lowest BCUT2D eigenvalue weighted by Crippen LogP contribution is -2.48. The van der Waals surface area contributed by atoms with E-state index in [1.165, 1.54) is 57.8 Å². The van der Waals surface area contributed by atoms with Gasteiger partial charge in [-0.3, -0.25) is 33.6 Å². The summed E-state index contributed by atoms with van der Waals surface area (Å²) in [4.78, 5) is 147. The number of fused-ring (bicyclic) bond motifs is 45. The molecule has 20 bridgehead atoms. The van der Waals surface area contributed by atoms with Crippen LogP contribution in [0.3, 0.4) is 0 Å². The average Bonchev–Trinajstić information content (AvgIpc) is 1.56. The van der Waals surface area contributed by atoms with Crippen LogP contribution in [0.1, 0.15) is 220 Å². The van der Waals surface area contributed by atoms with E-state index in [0.29, 0.717) is 71.7 Å². The van der Waals surface area contributed by atoms with E-state index in [-0.39, 0.29) is 130 Å². The number of rotatable bonds is 20. The second kappa shape index (κ2) is 35.8. The van der Waals surface area contributed by atoms with Gasteiger partial charge in [-0.2, -0.15) is 5.26 Å². The first-order chi connectivity index (χ1) is 62.8. The van der Waals surface area contributed by atoms with Crippen LogP contribution in [-0.4, -0.2) is 160 Å². The standard InChI is InChI=1S/C24H35NO5.C21H28O6.C21H30O4.C20H28N2O3.C20H31NO4/c1-10-11(2)15-8-14(10)18-13-6-16(19(15)18)17(7-13)21(26)25-12(3)22(27)30-20-23(28)29-9-24(20,4)5;1-9-10(2)14-6-13(9)19-11-3-15(20(14)19)16(4-11)21(24)26-8-18(23)27-12-5-17(22)25-7-12;1-9-10(2)13-7-12(9)16-11-5-14(17(13)16)15(6-11)19(22)25-18-20(23)24-8-21(18,3)4;1-10-11(2)14-8-13(10)18-12-6-15(19(14)18)16(7-12)20(24)22-9-17(23)25-5-3-4-21;1-9-10(2)14-8-13(9)17-12-6-15(18(14)17)16(7-12)19(23)21-11(3)20(24)25-5-4-22/h10-20H,6-9H2,1-5H3,(H,25,26);9-16,19-20H,3-8H2,1-2H3;9-18H,5-8H2,1-4H3;10-16,18-19H,3,5-9H2,1-2H3,(H,22,24);9-18,22H,4-8H2,1-3H3,(H,21,23). The molecule has 0 radical (unpaired) electrons. The molecule has 0 aromatic carbocycles. The zero-order valence-electron chi connectivity index (χ0n) is 81.0. The molecular formula is C106H152N4O22. The Kier molecular flexibility index (Phi) is 25.5. The highest BCUT2D eigenvalue weighted by atomic mass is 16.6. The quantitative estimate of drug-likeness (QED) is 0.0381. The Balaban J connectivity index is 0.000000107. The van der Waals surface area contributed by atoms with Gasteiger partial charge in [0.15, 0.2) is 6.61 Å². The van der Waals surface area contributed by atoms with Gasteiger partial charge in [0.1, 0.15) is 57.8 Å². The molecule has 50 atom stereocenters. The summed E-state index contributed by atoms with van der Waals surface area (Å²) in [7, 11) is 0. The number of amides is 3. The zero-order valence-corrected chi connectivity index (χ0v) is 81.0. The molecule has 50 unspecified atom stereocenters. The summed E-state index contributed by atoms with van der Waals surface area (Å²) in [5, 5.41) is 25.7. The number of cyclic esters (lactones) is 3. The molecule has 0 aromatic rings. The van der Waals surface area contributed by atoms with Gasteiger partial charge in [0.05, 0.1) is 37.4 Å². The maximum atomic E-state index is 13.1. The largest absolute Gasteiger partial charge is 0.463 e. The number of nitriles is 1. The fourth-order valence-electron chi connectivity index (χ4n) is 37.5. The number of nitrogens with zero attached hydrogens (tertiary/aromatic N) is 1. The SMILES string of the molecule is CC(NC(=O)C1CC2CC1C1C3CC(C(C)C3C)C21)C(=O)OC1C(=O)OCC1(C)C.CC(NC(=O)C1CC2CC1C1C3CC(C(C)C3C)C21)C(=O)OCCO.CC1C(C)C2CC1C1C3CC(C(=O)NCC(=O)OCCC#N)C(C3)C21.CC1C(C)C2CC1C1C3CC(C(=O)OC4C(=O)OCC4(C)C)C(C3)C21.CC1C(C)C2CC1C1C3CC(C(=O)OCC(=O)OC4COC(=O)C4)C(C3)C21. The van der Waals surface area contributed by atoms with Gasteiger partial charge in [-0.15, -0.1) is 0 Å². The van der Waals surface area contributed by atoms with Crippen molar-refractivity contribution in [3.63, 3.8) is 0 Å². The molecule has 26 heteroatoms. The van der Waals surface area contributed by atoms with Gasteiger partial charge in [-0.1, -0.05) is 96.9 Å². The molecule has 20 aliphatic carbocycles. The minimum absolute atomic E-state index is 0.0114. The predicted molar refractivity (Wildman–Crippen MR) is 476 cm³/mol. The van der Waals surface area contributed by atoms with Crippen LogP contribution < -0.4 is 16.0 Å². The number of aliphatic hydroxyl groups is 1. The van der Waals surface area contributed by atoms with Gasteiger partial charge in [0.2, 0.25) is 29.9 Å². The minimum Gasteiger partial charge on any atom is -0.463 e. The van der Waals surface area contributed by atoms with Crippen LogP contribution in [0.5, 0.6) is 0 Å². The van der Waals surface area contributed by atoms with Crippen LogP contribution in [0.4, 0.5) is 0 Å². The molecule has 23 rings (SSSR count). The van der Waals surface area contributed by atoms with Crippen LogP contribution in [0.15, 0.2) is 0 Å². The molecular weight excluding hydrogens is 1680 g/mol. The van der Waals surface area contributed by atoms with Crippen LogP contribution in [0.25, 0.3) is 0 Å². The van der Waals surface area contributed by atoms with Crippen molar-refractivity contribution in [1.82, 2.24) is 16.0 Å². The Labute approximate surface area is 780 Å². The first-order valence-corrected chi connectivity index (χ1v) is 52.2. The smallest absolute Gasteiger partial charge is 0.348 e. The highest BCUT2D eigenvalue weighted by Crippen LogP contribution is 2.77. The monoisotopic (exact) mass is 1830 g/mol. The molecule has 0 spiro atoms. The zero-order chi connectivity index (χ0) is 93.7. The van der Waals surface area contributed by atoms with Crippen molar-refractivity contribution in [1.29, 1.82) is 5.26 Å². The Hall–Kier alpha value is -6.91. The van der Waals surface area contributed by atoms with E-state index in [4.69, 9.17) is 53.0 Å². The molecule has 3 amide bonds. The molecule has 4 N–H and O–H groups in total. The molecule has 20 saturated carbocycles. The van der Waals surface area contributed by atoms with Crippen molar-refractivity contribution >= 4 is 71.4 Å². The number of hydrogen-bond donors (Lipinski definition) is 4. The summed E-state index contributed by atoms with van der Waals surface area (Å²) in [6.07, 6.45) is 15.8. The predicted octanol–water partition coefficient (Wildman–Crippen LogP) is 12.5. The topological polar surface area (TPSA) is 368 Å². The lowest BCUT2D eigenvalue weighted by Gasteiger charge is -2.43. The summed E-state index contributed by atoms with van der Waals surface area (Å²) in [6, 6.07) is 0.514. The Morgan fingerprint density at radius 2 is 0.735 bits per heavy atom. The highest BCUT2D eigenvalue weighted by molar-refractivity contribution is 5.89. The number of carbonyl (C=O) groups excluding carboxylic acids is 12. The Bertz CT molecular complexity index is 4540. The van der Waals surface area contributed by atoms with E-state index in [1.807, 2.05) is 33.8 Å². The summed E-state index contributed by atoms with van der Waals surface area (Å²) in [5.74, 6) is 26.7. The lowest BCUT2D eigenvalue weighted by atomic mass is 9.62. The molecule has 26 nitrogen and oxygen atoms in total. The van der Waals surface area contributed by atoms with Gasteiger partial charge in [-0.05, 0) is 347 Å². The molecule has 3 aliphatic heterocycles. The van der Waals surface area contributed by atoms with Crippen molar-refractivity contribution in [3.05, 3.63) is 0 Å². The summed E-state index contributed by atoms with van der Waals surface area (Å²) >= 11 is 0. The normalized spacial score (nSPS) is 49.1. The number of ether oxygens (including phenoxy) is 9. The van der Waals surface area contributed by atoms with E-state index < -0.39 is 71.1 Å². The van der Waals surface area contributed by atoms with E-state index in [0.717, 1.165) is 210 Å². The van der Waals surface area contributed by atoms with E-state index in [2.05, 4.69) is 85.2 Å². The molecule has 23 fully saturated rings. The van der Waals surface area contributed by atoms with Crippen LogP contribution in [0, 0.1) is 288 Å². The fraction of sp³-hybridized carbons (Fsp3) is 0.877. The van der Waals surface area contributed by atoms with E-state index in [1.54, 1.807) is 13.8 Å². The number of aliphatic hydroxyl groups excluding tert-OH is 1. The lowest BCUT2D eigenvalue weighted by molar-refractivity contribution is -0.169. The number of carbonyl (C=O) groups is 12. The Morgan fingerprint density at radius 1 is 0.394 bits per heavy atom. The molecule has 0 aromatic heterocycles. The van der Waals surface area contributed by atoms with Crippen molar-refractivity contribution in [2.75, 3.05) is 52.8 Å². The third-order valence-electron chi connectivity index (χ3n) is 43.4. The van der Waals surface area contributed by atoms with Crippen molar-refractivity contribution in [2.45, 2.75) is 250 Å². The number of esters is 9. The van der Waals surface area contributed by atoms with Crippen LogP contribution in [0.2, 0.25) is 0 Å². The second-order valence-corrected chi connectivity index (χ2v) is 49.3. The maximum absolute atomic E-state index is 13.1. The molecule has 23 aliphatic rings. The fourth-order valence-corrected chi connectivity index (χ4v) is 37.5. The second-order valence-electron chi connectivity index (χ2n) is 49.3. The van der Waals surface area contributed by atoms with Gasteiger partial charge < -0.3 is 63.7 Å². The van der Waals surface area contributed by atoms with Crippen molar-refractivity contribution in [2.24, 2.45) is 277 Å².